The largest absolute Gasteiger partial charge is 0.371 e. The first-order valence-corrected chi connectivity index (χ1v) is 7.94. The summed E-state index contributed by atoms with van der Waals surface area (Å²) in [5, 5.41) is 11.3. The SMILES string of the molecule is O=[N+]([O-])c1cc(Br)c(N2CCCC2)cc1N1CCCC1. The van der Waals surface area contributed by atoms with E-state index in [0.29, 0.717) is 0 Å². The molecule has 0 radical (unpaired) electrons. The number of halogens is 1. The van der Waals surface area contributed by atoms with Crippen molar-refractivity contribution in [2.75, 3.05) is 36.0 Å². The molecule has 0 amide bonds. The number of nitro groups is 1. The van der Waals surface area contributed by atoms with E-state index in [-0.39, 0.29) is 10.6 Å². The fourth-order valence-corrected chi connectivity index (χ4v) is 3.68. The van der Waals surface area contributed by atoms with Gasteiger partial charge in [0.1, 0.15) is 5.69 Å². The van der Waals surface area contributed by atoms with Gasteiger partial charge in [-0.15, -0.1) is 0 Å². The van der Waals surface area contributed by atoms with Crippen molar-refractivity contribution < 1.29 is 4.92 Å². The molecule has 2 fully saturated rings. The highest BCUT2D eigenvalue weighted by Gasteiger charge is 2.26. The van der Waals surface area contributed by atoms with Crippen LogP contribution in [-0.4, -0.2) is 31.1 Å². The van der Waals surface area contributed by atoms with E-state index in [1.54, 1.807) is 6.07 Å². The summed E-state index contributed by atoms with van der Waals surface area (Å²) in [7, 11) is 0. The Hall–Kier alpha value is -1.30. The maximum absolute atomic E-state index is 11.3. The lowest BCUT2D eigenvalue weighted by molar-refractivity contribution is -0.384. The minimum atomic E-state index is -0.272. The van der Waals surface area contributed by atoms with Gasteiger partial charge < -0.3 is 9.80 Å². The maximum Gasteiger partial charge on any atom is 0.293 e. The zero-order valence-corrected chi connectivity index (χ0v) is 12.9. The second kappa shape index (κ2) is 5.60. The van der Waals surface area contributed by atoms with Crippen molar-refractivity contribution in [2.45, 2.75) is 25.7 Å². The summed E-state index contributed by atoms with van der Waals surface area (Å²) in [5.74, 6) is 0. The molecule has 0 atom stereocenters. The van der Waals surface area contributed by atoms with E-state index in [1.165, 1.54) is 12.8 Å². The lowest BCUT2D eigenvalue weighted by Gasteiger charge is -2.23. The van der Waals surface area contributed by atoms with Crippen LogP contribution in [0.4, 0.5) is 17.1 Å². The molecule has 5 nitrogen and oxygen atoms in total. The second-order valence-electron chi connectivity index (χ2n) is 5.44. The predicted octanol–water partition coefficient (Wildman–Crippen LogP) is 3.56. The topological polar surface area (TPSA) is 49.6 Å². The van der Waals surface area contributed by atoms with Crippen LogP contribution in [0.2, 0.25) is 0 Å². The third kappa shape index (κ3) is 2.49. The molecule has 0 bridgehead atoms. The Morgan fingerprint density at radius 2 is 1.45 bits per heavy atom. The fraction of sp³-hybridized carbons (Fsp3) is 0.571. The van der Waals surface area contributed by atoms with Crippen LogP contribution in [0.1, 0.15) is 25.7 Å². The molecule has 0 N–H and O–H groups in total. The number of rotatable bonds is 3. The Balaban J connectivity index is 2.03. The molecule has 0 spiro atoms. The minimum absolute atomic E-state index is 0.210. The van der Waals surface area contributed by atoms with Crippen molar-refractivity contribution >= 4 is 33.0 Å². The van der Waals surface area contributed by atoms with Gasteiger partial charge in [-0.25, -0.2) is 0 Å². The molecule has 2 saturated heterocycles. The zero-order valence-electron chi connectivity index (χ0n) is 11.3. The summed E-state index contributed by atoms with van der Waals surface area (Å²) in [6.07, 6.45) is 4.63. The predicted molar refractivity (Wildman–Crippen MR) is 83.7 cm³/mol. The van der Waals surface area contributed by atoms with Gasteiger partial charge in [-0.3, -0.25) is 10.1 Å². The lowest BCUT2D eigenvalue weighted by atomic mass is 10.2. The third-order valence-electron chi connectivity index (χ3n) is 4.13. The molecule has 0 aromatic heterocycles. The van der Waals surface area contributed by atoms with Gasteiger partial charge in [0.05, 0.1) is 10.6 Å². The van der Waals surface area contributed by atoms with E-state index in [9.17, 15) is 10.1 Å². The van der Waals surface area contributed by atoms with Gasteiger partial charge in [0.15, 0.2) is 0 Å². The molecule has 3 rings (SSSR count). The highest BCUT2D eigenvalue weighted by atomic mass is 79.9. The van der Waals surface area contributed by atoms with Gasteiger partial charge >= 0.3 is 0 Å². The first-order valence-electron chi connectivity index (χ1n) is 7.14. The highest BCUT2D eigenvalue weighted by Crippen LogP contribution is 2.40. The zero-order chi connectivity index (χ0) is 14.1. The van der Waals surface area contributed by atoms with Gasteiger partial charge in [-0.2, -0.15) is 0 Å². The molecule has 1 aromatic rings. The van der Waals surface area contributed by atoms with Gasteiger partial charge in [0.25, 0.3) is 5.69 Å². The number of benzene rings is 1. The normalized spacial score (nSPS) is 18.9. The van der Waals surface area contributed by atoms with E-state index < -0.39 is 0 Å². The van der Waals surface area contributed by atoms with Crippen molar-refractivity contribution in [2.24, 2.45) is 0 Å². The fourth-order valence-electron chi connectivity index (χ4n) is 3.10. The van der Waals surface area contributed by atoms with Crippen molar-refractivity contribution in [3.8, 4) is 0 Å². The number of anilines is 2. The monoisotopic (exact) mass is 339 g/mol. The first kappa shape index (κ1) is 13.7. The van der Waals surface area contributed by atoms with Crippen LogP contribution in [0.3, 0.4) is 0 Å². The molecule has 2 aliphatic heterocycles. The molecule has 108 valence electrons. The second-order valence-corrected chi connectivity index (χ2v) is 6.29. The Bertz CT molecular complexity index is 523. The molecule has 1 aromatic carbocycles. The van der Waals surface area contributed by atoms with Crippen molar-refractivity contribution in [1.82, 2.24) is 0 Å². The Labute approximate surface area is 126 Å². The molecule has 0 saturated carbocycles. The molecule has 0 aliphatic carbocycles. The van der Waals surface area contributed by atoms with Gasteiger partial charge in [-0.05, 0) is 47.7 Å². The quantitative estimate of drug-likeness (QED) is 0.624. The molecule has 0 unspecified atom stereocenters. The molecular formula is C14H18BrN3O2. The van der Waals surface area contributed by atoms with E-state index in [1.807, 2.05) is 6.07 Å². The van der Waals surface area contributed by atoms with Gasteiger partial charge in [-0.1, -0.05) is 0 Å². The summed E-state index contributed by atoms with van der Waals surface area (Å²) in [6, 6.07) is 3.67. The number of hydrogen-bond donors (Lipinski definition) is 0. The molecule has 2 heterocycles. The Morgan fingerprint density at radius 3 is 1.95 bits per heavy atom. The smallest absolute Gasteiger partial charge is 0.293 e. The van der Waals surface area contributed by atoms with Crippen molar-refractivity contribution in [1.29, 1.82) is 0 Å². The van der Waals surface area contributed by atoms with E-state index in [4.69, 9.17) is 0 Å². The molecule has 20 heavy (non-hydrogen) atoms. The van der Waals surface area contributed by atoms with Crippen LogP contribution < -0.4 is 9.80 Å². The average Bonchev–Trinajstić information content (AvgIpc) is 3.11. The van der Waals surface area contributed by atoms with Crippen LogP contribution in [0.25, 0.3) is 0 Å². The summed E-state index contributed by atoms with van der Waals surface area (Å²) >= 11 is 3.50. The maximum atomic E-state index is 11.3. The molecular weight excluding hydrogens is 322 g/mol. The number of nitro benzene ring substituents is 1. The highest BCUT2D eigenvalue weighted by molar-refractivity contribution is 9.10. The Morgan fingerprint density at radius 1 is 0.950 bits per heavy atom. The summed E-state index contributed by atoms with van der Waals surface area (Å²) in [6.45, 7) is 3.91. The van der Waals surface area contributed by atoms with Crippen LogP contribution >= 0.6 is 15.9 Å². The summed E-state index contributed by atoms with van der Waals surface area (Å²) < 4.78 is 0.828. The van der Waals surface area contributed by atoms with Crippen molar-refractivity contribution in [3.05, 3.63) is 26.7 Å². The lowest BCUT2D eigenvalue weighted by Crippen LogP contribution is -2.22. The van der Waals surface area contributed by atoms with Crippen LogP contribution in [-0.2, 0) is 0 Å². The number of hydrogen-bond acceptors (Lipinski definition) is 4. The third-order valence-corrected chi connectivity index (χ3v) is 4.77. The first-order chi connectivity index (χ1) is 9.66. The summed E-state index contributed by atoms with van der Waals surface area (Å²) in [4.78, 5) is 15.5. The van der Waals surface area contributed by atoms with E-state index in [2.05, 4.69) is 25.7 Å². The van der Waals surface area contributed by atoms with Crippen LogP contribution in [0.5, 0.6) is 0 Å². The van der Waals surface area contributed by atoms with Gasteiger partial charge in [0, 0.05) is 36.7 Å². The summed E-state index contributed by atoms with van der Waals surface area (Å²) in [5.41, 5.74) is 2.08. The van der Waals surface area contributed by atoms with Crippen LogP contribution in [0.15, 0.2) is 16.6 Å². The molecule has 6 heteroatoms. The van der Waals surface area contributed by atoms with E-state index in [0.717, 1.165) is 54.9 Å². The van der Waals surface area contributed by atoms with Crippen molar-refractivity contribution in [3.63, 3.8) is 0 Å². The standard InChI is InChI=1S/C14H18BrN3O2/c15-11-9-14(18(19)20)13(17-7-3-4-8-17)10-12(11)16-5-1-2-6-16/h9-10H,1-8H2. The minimum Gasteiger partial charge on any atom is -0.371 e. The number of nitrogens with zero attached hydrogens (tertiary/aromatic N) is 3. The van der Waals surface area contributed by atoms with E-state index >= 15 is 0 Å². The van der Waals surface area contributed by atoms with Gasteiger partial charge in [0.2, 0.25) is 0 Å². The molecule has 2 aliphatic rings. The van der Waals surface area contributed by atoms with Crippen LogP contribution in [0, 0.1) is 10.1 Å². The Kier molecular flexibility index (Phi) is 3.83. The average molecular weight is 340 g/mol.